The number of carbonyl (C=O) groups is 1. The van der Waals surface area contributed by atoms with E-state index in [9.17, 15) is 9.90 Å². The molecule has 1 atom stereocenters. The normalized spacial score (nSPS) is 17.1. The quantitative estimate of drug-likeness (QED) is 0.534. The Labute approximate surface area is 169 Å². The lowest BCUT2D eigenvalue weighted by Gasteiger charge is -2.32. The molecule has 0 saturated carbocycles. The number of hydrogen-bond donors (Lipinski definition) is 2. The predicted octanol–water partition coefficient (Wildman–Crippen LogP) is 4.62. The van der Waals surface area contributed by atoms with Crippen molar-refractivity contribution in [2.24, 2.45) is 11.7 Å². The molecule has 1 amide bonds. The lowest BCUT2D eigenvalue weighted by Crippen LogP contribution is -2.37. The Hall–Kier alpha value is -2.33. The van der Waals surface area contributed by atoms with Crippen molar-refractivity contribution in [2.45, 2.75) is 46.0 Å². The SMILES string of the molecule is C=C(C=C(C)C1CCN(C(=O)C=Cc2ccc(C(C)CC)c(O)c2)CC1)CN. The molecule has 2 rings (SSSR count). The Balaban J connectivity index is 1.93. The van der Waals surface area contributed by atoms with Crippen LogP contribution in [0.25, 0.3) is 6.08 Å². The second kappa shape index (κ2) is 10.3. The molecule has 0 spiro atoms. The number of phenolic OH excluding ortho intramolecular Hbond substituents is 1. The highest BCUT2D eigenvalue weighted by molar-refractivity contribution is 5.91. The molecule has 1 fully saturated rings. The fourth-order valence-corrected chi connectivity index (χ4v) is 3.63. The maximum atomic E-state index is 12.5. The minimum atomic E-state index is 0.0249. The summed E-state index contributed by atoms with van der Waals surface area (Å²) in [6.07, 6.45) is 8.37. The van der Waals surface area contributed by atoms with E-state index in [1.54, 1.807) is 18.2 Å². The van der Waals surface area contributed by atoms with Crippen LogP contribution in [0.5, 0.6) is 5.75 Å². The molecule has 3 N–H and O–H groups in total. The fourth-order valence-electron chi connectivity index (χ4n) is 3.63. The number of carbonyl (C=O) groups excluding carboxylic acids is 1. The van der Waals surface area contributed by atoms with E-state index in [-0.39, 0.29) is 5.91 Å². The largest absolute Gasteiger partial charge is 0.508 e. The number of nitrogens with two attached hydrogens (primary N) is 1. The van der Waals surface area contributed by atoms with Crippen LogP contribution in [0, 0.1) is 5.92 Å². The maximum absolute atomic E-state index is 12.5. The second-order valence-corrected chi connectivity index (χ2v) is 7.81. The molecule has 28 heavy (non-hydrogen) atoms. The van der Waals surface area contributed by atoms with Crippen molar-refractivity contribution in [1.82, 2.24) is 4.90 Å². The van der Waals surface area contributed by atoms with Crippen molar-refractivity contribution >= 4 is 12.0 Å². The summed E-state index contributed by atoms with van der Waals surface area (Å²) in [5.41, 5.74) is 9.65. The van der Waals surface area contributed by atoms with E-state index in [1.807, 2.05) is 17.0 Å². The number of nitrogens with zero attached hydrogens (tertiary/aromatic N) is 1. The molecular formula is C24H34N2O2. The maximum Gasteiger partial charge on any atom is 0.246 e. The zero-order chi connectivity index (χ0) is 20.7. The summed E-state index contributed by atoms with van der Waals surface area (Å²) in [5.74, 6) is 1.13. The molecule has 1 saturated heterocycles. The van der Waals surface area contributed by atoms with E-state index < -0.39 is 0 Å². The van der Waals surface area contributed by atoms with Gasteiger partial charge in [0.25, 0.3) is 0 Å². The summed E-state index contributed by atoms with van der Waals surface area (Å²) in [4.78, 5) is 14.4. The number of piperidine rings is 1. The van der Waals surface area contributed by atoms with Crippen molar-refractivity contribution in [3.63, 3.8) is 0 Å². The van der Waals surface area contributed by atoms with E-state index in [1.165, 1.54) is 5.57 Å². The molecule has 0 aliphatic carbocycles. The van der Waals surface area contributed by atoms with Gasteiger partial charge >= 0.3 is 0 Å². The number of hydrogen-bond acceptors (Lipinski definition) is 3. The summed E-state index contributed by atoms with van der Waals surface area (Å²) in [5, 5.41) is 10.2. The van der Waals surface area contributed by atoms with Crippen molar-refractivity contribution in [3.05, 3.63) is 59.2 Å². The van der Waals surface area contributed by atoms with Crippen LogP contribution in [-0.4, -0.2) is 35.5 Å². The van der Waals surface area contributed by atoms with Crippen LogP contribution in [-0.2, 0) is 4.79 Å². The van der Waals surface area contributed by atoms with Crippen molar-refractivity contribution in [1.29, 1.82) is 0 Å². The Morgan fingerprint density at radius 1 is 1.39 bits per heavy atom. The van der Waals surface area contributed by atoms with E-state index in [2.05, 4.69) is 33.4 Å². The van der Waals surface area contributed by atoms with Crippen LogP contribution in [0.1, 0.15) is 57.1 Å². The predicted molar refractivity (Wildman–Crippen MR) is 117 cm³/mol. The van der Waals surface area contributed by atoms with E-state index in [0.717, 1.165) is 49.1 Å². The number of aromatic hydroxyl groups is 1. The summed E-state index contributed by atoms with van der Waals surface area (Å²) >= 11 is 0. The van der Waals surface area contributed by atoms with Gasteiger partial charge in [0.15, 0.2) is 0 Å². The Morgan fingerprint density at radius 2 is 2.07 bits per heavy atom. The van der Waals surface area contributed by atoms with Gasteiger partial charge in [-0.2, -0.15) is 0 Å². The molecule has 0 aromatic heterocycles. The first-order chi connectivity index (χ1) is 13.3. The molecule has 0 bridgehead atoms. The van der Waals surface area contributed by atoms with Crippen LogP contribution in [0.15, 0.2) is 48.1 Å². The first-order valence-corrected chi connectivity index (χ1v) is 10.2. The van der Waals surface area contributed by atoms with Gasteiger partial charge in [0.1, 0.15) is 5.75 Å². The zero-order valence-electron chi connectivity index (χ0n) is 17.4. The molecule has 0 radical (unpaired) electrons. The Kier molecular flexibility index (Phi) is 8.06. The van der Waals surface area contributed by atoms with Crippen molar-refractivity contribution < 1.29 is 9.90 Å². The summed E-state index contributed by atoms with van der Waals surface area (Å²) in [6.45, 7) is 12.3. The average Bonchev–Trinajstić information content (AvgIpc) is 2.71. The van der Waals surface area contributed by atoms with Crippen molar-refractivity contribution in [3.8, 4) is 5.75 Å². The third-order valence-electron chi connectivity index (χ3n) is 5.76. The van der Waals surface area contributed by atoms with E-state index in [4.69, 9.17) is 5.73 Å². The van der Waals surface area contributed by atoms with Gasteiger partial charge in [0, 0.05) is 25.7 Å². The molecule has 1 heterocycles. The summed E-state index contributed by atoms with van der Waals surface area (Å²) < 4.78 is 0. The Bertz CT molecular complexity index is 756. The van der Waals surface area contributed by atoms with Crippen LogP contribution < -0.4 is 5.73 Å². The standard InChI is InChI=1S/C24H34N2O2/c1-5-18(3)22-8-6-20(15-23(22)27)7-9-24(28)26-12-10-21(11-13-26)19(4)14-17(2)16-25/h6-9,14-15,18,21,27H,2,5,10-13,16,25H2,1,3-4H3. The highest BCUT2D eigenvalue weighted by atomic mass is 16.3. The monoisotopic (exact) mass is 382 g/mol. The van der Waals surface area contributed by atoms with Gasteiger partial charge in [-0.3, -0.25) is 4.79 Å². The molecule has 4 nitrogen and oxygen atoms in total. The fraction of sp³-hybridized carbons (Fsp3) is 0.458. The smallest absolute Gasteiger partial charge is 0.246 e. The number of likely N-dealkylation sites (tertiary alicyclic amines) is 1. The number of amides is 1. The molecule has 1 aliphatic rings. The molecule has 4 heteroatoms. The highest BCUT2D eigenvalue weighted by Crippen LogP contribution is 2.29. The van der Waals surface area contributed by atoms with E-state index >= 15 is 0 Å². The molecular weight excluding hydrogens is 348 g/mol. The van der Waals surface area contributed by atoms with Crippen molar-refractivity contribution in [2.75, 3.05) is 19.6 Å². The number of benzene rings is 1. The second-order valence-electron chi connectivity index (χ2n) is 7.81. The van der Waals surface area contributed by atoms with Gasteiger partial charge in [0.05, 0.1) is 0 Å². The van der Waals surface area contributed by atoms with Gasteiger partial charge in [-0.25, -0.2) is 0 Å². The molecule has 1 aromatic rings. The summed E-state index contributed by atoms with van der Waals surface area (Å²) in [7, 11) is 0. The minimum Gasteiger partial charge on any atom is -0.508 e. The van der Waals surface area contributed by atoms with Gasteiger partial charge < -0.3 is 15.7 Å². The molecule has 1 aliphatic heterocycles. The summed E-state index contributed by atoms with van der Waals surface area (Å²) in [6, 6.07) is 5.63. The average molecular weight is 383 g/mol. The third kappa shape index (κ3) is 5.83. The number of allylic oxidation sites excluding steroid dienone is 1. The third-order valence-corrected chi connectivity index (χ3v) is 5.76. The van der Waals surface area contributed by atoms with Gasteiger partial charge in [0.2, 0.25) is 5.91 Å². The topological polar surface area (TPSA) is 66.6 Å². The Morgan fingerprint density at radius 3 is 2.64 bits per heavy atom. The minimum absolute atomic E-state index is 0.0249. The molecule has 152 valence electrons. The zero-order valence-corrected chi connectivity index (χ0v) is 17.4. The molecule has 1 aromatic carbocycles. The number of rotatable bonds is 7. The highest BCUT2D eigenvalue weighted by Gasteiger charge is 2.22. The van der Waals surface area contributed by atoms with Crippen LogP contribution >= 0.6 is 0 Å². The van der Waals surface area contributed by atoms with Gasteiger partial charge in [-0.05, 0) is 66.9 Å². The van der Waals surface area contributed by atoms with Gasteiger partial charge in [-0.15, -0.1) is 0 Å². The van der Waals surface area contributed by atoms with Crippen LogP contribution in [0.4, 0.5) is 0 Å². The first kappa shape index (κ1) is 22.0. The molecule has 1 unspecified atom stereocenters. The van der Waals surface area contributed by atoms with Gasteiger partial charge in [-0.1, -0.05) is 44.2 Å². The lowest BCUT2D eigenvalue weighted by atomic mass is 9.89. The lowest BCUT2D eigenvalue weighted by molar-refractivity contribution is -0.127. The van der Waals surface area contributed by atoms with Crippen LogP contribution in [0.3, 0.4) is 0 Å². The van der Waals surface area contributed by atoms with E-state index in [0.29, 0.717) is 24.1 Å². The first-order valence-electron chi connectivity index (χ1n) is 10.2. The van der Waals surface area contributed by atoms with Crippen LogP contribution in [0.2, 0.25) is 0 Å². The number of phenols is 1.